The van der Waals surface area contributed by atoms with Gasteiger partial charge in [0.2, 0.25) is 0 Å². The molecule has 4 N–H and O–H groups in total. The number of aromatic amines is 1. The summed E-state index contributed by atoms with van der Waals surface area (Å²) >= 11 is 0. The lowest BCUT2D eigenvalue weighted by Crippen LogP contribution is -2.25. The minimum Gasteiger partial charge on any atom is -0.380 e. The van der Waals surface area contributed by atoms with Crippen molar-refractivity contribution in [2.75, 3.05) is 11.9 Å². The van der Waals surface area contributed by atoms with Gasteiger partial charge in [-0.25, -0.2) is 4.98 Å². The standard InChI is InChI=1S/C28H27N7/c1-17-23-10-12-31-27(17)21-7-3-5-19(13-21)6-4-11-30-26-16-29-15-25(33-26)20-8-9-24-22(14-20)28(35-34-24)18(2)32-23/h3,5,7-10,12-16,27,31-32H,2,4,6,11H2,1H3,(H,30,33)(H,34,35). The highest BCUT2D eigenvalue weighted by molar-refractivity contribution is 5.92. The smallest absolute Gasteiger partial charge is 0.145 e. The van der Waals surface area contributed by atoms with Crippen LogP contribution in [0, 0.1) is 0 Å². The Morgan fingerprint density at radius 1 is 1.09 bits per heavy atom. The molecule has 2 aromatic carbocycles. The molecule has 0 saturated heterocycles. The molecule has 174 valence electrons. The fourth-order valence-electron chi connectivity index (χ4n) is 4.78. The van der Waals surface area contributed by atoms with Crippen LogP contribution in [0.5, 0.6) is 0 Å². The summed E-state index contributed by atoms with van der Waals surface area (Å²) in [5.74, 6) is 0.776. The lowest BCUT2D eigenvalue weighted by atomic mass is 9.94. The van der Waals surface area contributed by atoms with Crippen LogP contribution in [0.4, 0.5) is 5.82 Å². The van der Waals surface area contributed by atoms with Crippen LogP contribution in [0.25, 0.3) is 27.9 Å². The summed E-state index contributed by atoms with van der Waals surface area (Å²) in [6, 6.07) is 15.1. The van der Waals surface area contributed by atoms with Crippen LogP contribution in [-0.4, -0.2) is 26.7 Å². The van der Waals surface area contributed by atoms with Crippen molar-refractivity contribution in [3.05, 3.63) is 102 Å². The molecule has 0 radical (unpaired) electrons. The molecule has 2 aliphatic heterocycles. The van der Waals surface area contributed by atoms with Gasteiger partial charge < -0.3 is 16.0 Å². The summed E-state index contributed by atoms with van der Waals surface area (Å²) in [4.78, 5) is 9.22. The zero-order valence-electron chi connectivity index (χ0n) is 19.6. The molecule has 35 heavy (non-hydrogen) atoms. The summed E-state index contributed by atoms with van der Waals surface area (Å²) in [6.45, 7) is 7.30. The summed E-state index contributed by atoms with van der Waals surface area (Å²) in [6.07, 6.45) is 9.60. The van der Waals surface area contributed by atoms with Gasteiger partial charge in [0.05, 0.1) is 35.3 Å². The maximum Gasteiger partial charge on any atom is 0.145 e. The van der Waals surface area contributed by atoms with E-state index in [2.05, 4.69) is 81.0 Å². The fraction of sp³-hybridized carbons (Fsp3) is 0.179. The molecule has 7 nitrogen and oxygen atoms in total. The number of fused-ring (bicyclic) bond motifs is 8. The van der Waals surface area contributed by atoms with E-state index in [1.165, 1.54) is 16.7 Å². The van der Waals surface area contributed by atoms with Crippen molar-refractivity contribution in [1.82, 2.24) is 30.8 Å². The normalized spacial score (nSPS) is 17.7. The van der Waals surface area contributed by atoms with Crippen LogP contribution < -0.4 is 16.0 Å². The van der Waals surface area contributed by atoms with Crippen LogP contribution in [0.2, 0.25) is 0 Å². The van der Waals surface area contributed by atoms with Gasteiger partial charge in [-0.2, -0.15) is 5.10 Å². The predicted molar refractivity (Wildman–Crippen MR) is 140 cm³/mol. The van der Waals surface area contributed by atoms with E-state index in [0.717, 1.165) is 64.5 Å². The van der Waals surface area contributed by atoms with E-state index in [9.17, 15) is 0 Å². The highest BCUT2D eigenvalue weighted by Crippen LogP contribution is 2.30. The van der Waals surface area contributed by atoms with Crippen molar-refractivity contribution in [2.24, 2.45) is 0 Å². The third kappa shape index (κ3) is 4.05. The van der Waals surface area contributed by atoms with Gasteiger partial charge >= 0.3 is 0 Å². The minimum atomic E-state index is 0.0924. The first-order chi connectivity index (χ1) is 17.2. The molecular formula is C28H27N7. The lowest BCUT2D eigenvalue weighted by molar-refractivity contribution is 0.684. The van der Waals surface area contributed by atoms with Crippen LogP contribution in [0.1, 0.15) is 36.2 Å². The zero-order chi connectivity index (χ0) is 23.8. The SMILES string of the molecule is C=C1NC2=C(C)C(NC=C2)c2cccc(c2)CCCNc2cncc(n2)-c2ccc3[nH]nc1c3c2. The van der Waals surface area contributed by atoms with E-state index < -0.39 is 0 Å². The average molecular weight is 462 g/mol. The molecular weight excluding hydrogens is 434 g/mol. The Morgan fingerprint density at radius 3 is 2.97 bits per heavy atom. The largest absolute Gasteiger partial charge is 0.380 e. The number of hydrogen-bond acceptors (Lipinski definition) is 6. The van der Waals surface area contributed by atoms with Crippen LogP contribution >= 0.6 is 0 Å². The second-order valence-corrected chi connectivity index (χ2v) is 9.03. The molecule has 2 aliphatic rings. The number of rotatable bonds is 0. The number of hydrogen-bond donors (Lipinski definition) is 4. The highest BCUT2D eigenvalue weighted by Gasteiger charge is 2.20. The van der Waals surface area contributed by atoms with Crippen molar-refractivity contribution in [1.29, 1.82) is 0 Å². The van der Waals surface area contributed by atoms with Gasteiger partial charge in [-0.1, -0.05) is 36.9 Å². The Labute approximate surface area is 204 Å². The second-order valence-electron chi connectivity index (χ2n) is 9.03. The molecule has 0 aliphatic carbocycles. The molecule has 0 amide bonds. The summed E-state index contributed by atoms with van der Waals surface area (Å²) in [7, 11) is 0. The molecule has 4 aromatic rings. The molecule has 1 unspecified atom stereocenters. The van der Waals surface area contributed by atoms with E-state index in [0.29, 0.717) is 0 Å². The molecule has 0 fully saturated rings. The predicted octanol–water partition coefficient (Wildman–Crippen LogP) is 5.07. The van der Waals surface area contributed by atoms with Gasteiger partial charge in [0.15, 0.2) is 0 Å². The Bertz CT molecular complexity index is 1490. The van der Waals surface area contributed by atoms with E-state index in [1.54, 1.807) is 12.4 Å². The van der Waals surface area contributed by atoms with Crippen molar-refractivity contribution < 1.29 is 0 Å². The third-order valence-electron chi connectivity index (χ3n) is 6.67. The van der Waals surface area contributed by atoms with Crippen LogP contribution in [0.15, 0.2) is 85.0 Å². The van der Waals surface area contributed by atoms with Gasteiger partial charge in [-0.05, 0) is 60.9 Å². The second kappa shape index (κ2) is 8.76. The molecule has 7 heteroatoms. The first-order valence-electron chi connectivity index (χ1n) is 11.9. The Hall–Kier alpha value is -4.39. The molecule has 6 rings (SSSR count). The number of nitrogens with zero attached hydrogens (tertiary/aromatic N) is 3. The van der Waals surface area contributed by atoms with Gasteiger partial charge in [-0.15, -0.1) is 0 Å². The first kappa shape index (κ1) is 21.2. The van der Waals surface area contributed by atoms with Crippen molar-refractivity contribution >= 4 is 22.4 Å². The quantitative estimate of drug-likeness (QED) is 0.292. The van der Waals surface area contributed by atoms with E-state index in [1.807, 2.05) is 18.3 Å². The maximum atomic E-state index is 4.80. The minimum absolute atomic E-state index is 0.0924. The molecule has 2 aromatic heterocycles. The average Bonchev–Trinajstić information content (AvgIpc) is 3.31. The number of aryl methyl sites for hydroxylation is 1. The fourth-order valence-corrected chi connectivity index (χ4v) is 4.78. The Kier molecular flexibility index (Phi) is 5.29. The summed E-state index contributed by atoms with van der Waals surface area (Å²) < 4.78 is 0. The number of benzene rings is 2. The summed E-state index contributed by atoms with van der Waals surface area (Å²) in [5.41, 5.74) is 9.06. The summed E-state index contributed by atoms with van der Waals surface area (Å²) in [5, 5.41) is 19.2. The van der Waals surface area contributed by atoms with E-state index in [4.69, 9.17) is 4.98 Å². The molecule has 4 heterocycles. The first-order valence-corrected chi connectivity index (χ1v) is 11.9. The van der Waals surface area contributed by atoms with Crippen LogP contribution in [-0.2, 0) is 6.42 Å². The Balaban J connectivity index is 1.45. The van der Waals surface area contributed by atoms with Gasteiger partial charge in [-0.3, -0.25) is 10.1 Å². The van der Waals surface area contributed by atoms with Gasteiger partial charge in [0.25, 0.3) is 0 Å². The molecule has 8 bridgehead atoms. The number of H-pyrrole nitrogens is 1. The van der Waals surface area contributed by atoms with Crippen molar-refractivity contribution in [3.63, 3.8) is 0 Å². The van der Waals surface area contributed by atoms with Crippen molar-refractivity contribution in [2.45, 2.75) is 25.8 Å². The third-order valence-corrected chi connectivity index (χ3v) is 6.67. The molecule has 0 saturated carbocycles. The highest BCUT2D eigenvalue weighted by atomic mass is 15.1. The number of aromatic nitrogens is 4. The zero-order valence-corrected chi connectivity index (χ0v) is 19.6. The maximum absolute atomic E-state index is 4.80. The van der Waals surface area contributed by atoms with Crippen molar-refractivity contribution in [3.8, 4) is 11.3 Å². The van der Waals surface area contributed by atoms with Gasteiger partial charge in [0.1, 0.15) is 11.5 Å². The van der Waals surface area contributed by atoms with Gasteiger partial charge in [0, 0.05) is 23.2 Å². The Morgan fingerprint density at radius 2 is 2.03 bits per heavy atom. The monoisotopic (exact) mass is 461 g/mol. The lowest BCUT2D eigenvalue weighted by Gasteiger charge is -2.26. The number of allylic oxidation sites excluding steroid dienone is 1. The topological polar surface area (TPSA) is 90.5 Å². The van der Waals surface area contributed by atoms with E-state index >= 15 is 0 Å². The number of dihydropyridines is 1. The number of nitrogens with one attached hydrogen (secondary N) is 4. The van der Waals surface area contributed by atoms with E-state index in [-0.39, 0.29) is 6.04 Å². The molecule has 0 spiro atoms. The van der Waals surface area contributed by atoms with Crippen LogP contribution in [0.3, 0.4) is 0 Å². The number of anilines is 1. The molecule has 1 atom stereocenters.